The molecule has 148 valence electrons. The number of amides is 1. The van der Waals surface area contributed by atoms with Crippen LogP contribution in [0.4, 0.5) is 0 Å². The molecule has 2 aromatic heterocycles. The first kappa shape index (κ1) is 18.9. The summed E-state index contributed by atoms with van der Waals surface area (Å²) in [4.78, 5) is 45.9. The van der Waals surface area contributed by atoms with Crippen LogP contribution in [0.15, 0.2) is 27.1 Å². The van der Waals surface area contributed by atoms with Crippen molar-refractivity contribution in [3.8, 4) is 0 Å². The number of carbonyl (C=O) groups excluding carboxylic acids is 1. The predicted molar refractivity (Wildman–Crippen MR) is 106 cm³/mol. The van der Waals surface area contributed by atoms with Crippen molar-refractivity contribution >= 4 is 17.7 Å². The molecule has 0 saturated carbocycles. The summed E-state index contributed by atoms with van der Waals surface area (Å²) in [6.45, 7) is 2.47. The van der Waals surface area contributed by atoms with Gasteiger partial charge in [0.25, 0.3) is 11.1 Å². The number of nitrogens with zero attached hydrogens (tertiary/aromatic N) is 4. The van der Waals surface area contributed by atoms with Crippen molar-refractivity contribution in [1.29, 1.82) is 0 Å². The van der Waals surface area contributed by atoms with Crippen LogP contribution >= 0.6 is 11.8 Å². The van der Waals surface area contributed by atoms with E-state index in [1.165, 1.54) is 17.0 Å². The van der Waals surface area contributed by atoms with Gasteiger partial charge in [-0.05, 0) is 32.6 Å². The van der Waals surface area contributed by atoms with Crippen LogP contribution in [-0.2, 0) is 24.2 Å². The molecule has 8 nitrogen and oxygen atoms in total. The predicted octanol–water partition coefficient (Wildman–Crippen LogP) is 0.841. The van der Waals surface area contributed by atoms with E-state index in [4.69, 9.17) is 0 Å². The average Bonchev–Trinajstić information content (AvgIpc) is 3.06. The lowest BCUT2D eigenvalue weighted by atomic mass is 9.97. The summed E-state index contributed by atoms with van der Waals surface area (Å²) in [6.07, 6.45) is 5.49. The number of aryl methyl sites for hydroxylation is 2. The van der Waals surface area contributed by atoms with E-state index in [1.54, 1.807) is 23.3 Å². The first-order valence-corrected chi connectivity index (χ1v) is 10.6. The van der Waals surface area contributed by atoms with E-state index in [0.717, 1.165) is 42.1 Å². The molecule has 1 unspecified atom stereocenters. The van der Waals surface area contributed by atoms with E-state index in [2.05, 4.69) is 15.3 Å². The Morgan fingerprint density at radius 2 is 2.14 bits per heavy atom. The van der Waals surface area contributed by atoms with Crippen LogP contribution in [0.5, 0.6) is 0 Å². The molecule has 9 heteroatoms. The standard InChI is InChI=1S/C19H23N5O3S/c1-12-8-17(26)23(11-21-12)7-6-20-16(25)9-13-10-28-19-22-15-5-3-2-4-14(15)18(27)24(13)19/h8,11,13H,2-7,9-10H2,1H3,(H,20,25). The quantitative estimate of drug-likeness (QED) is 0.746. The first-order valence-electron chi connectivity index (χ1n) is 9.60. The van der Waals surface area contributed by atoms with Gasteiger partial charge < -0.3 is 5.32 Å². The zero-order valence-electron chi connectivity index (χ0n) is 15.8. The van der Waals surface area contributed by atoms with Gasteiger partial charge in [0.1, 0.15) is 0 Å². The highest BCUT2D eigenvalue weighted by molar-refractivity contribution is 7.99. The molecule has 1 atom stereocenters. The maximum atomic E-state index is 12.9. The molecule has 3 heterocycles. The monoisotopic (exact) mass is 401 g/mol. The van der Waals surface area contributed by atoms with Crippen molar-refractivity contribution in [3.63, 3.8) is 0 Å². The molecule has 0 bridgehead atoms. The molecule has 0 fully saturated rings. The molecule has 2 aromatic rings. The largest absolute Gasteiger partial charge is 0.354 e. The molecular weight excluding hydrogens is 378 g/mol. The molecule has 1 N–H and O–H groups in total. The smallest absolute Gasteiger partial charge is 0.257 e. The second kappa shape index (κ2) is 7.90. The van der Waals surface area contributed by atoms with Gasteiger partial charge in [0.15, 0.2) is 5.16 Å². The third-order valence-corrected chi connectivity index (χ3v) is 6.33. The molecule has 0 spiro atoms. The Balaban J connectivity index is 1.39. The lowest BCUT2D eigenvalue weighted by molar-refractivity contribution is -0.121. The summed E-state index contributed by atoms with van der Waals surface area (Å²) >= 11 is 1.55. The van der Waals surface area contributed by atoms with Gasteiger partial charge in [-0.15, -0.1) is 0 Å². The number of aromatic nitrogens is 4. The summed E-state index contributed by atoms with van der Waals surface area (Å²) < 4.78 is 3.18. The zero-order valence-corrected chi connectivity index (χ0v) is 16.6. The highest BCUT2D eigenvalue weighted by Crippen LogP contribution is 2.33. The summed E-state index contributed by atoms with van der Waals surface area (Å²) in [5, 5.41) is 3.58. The third-order valence-electron chi connectivity index (χ3n) is 5.23. The summed E-state index contributed by atoms with van der Waals surface area (Å²) in [5.41, 5.74) is 2.33. The Morgan fingerprint density at radius 3 is 2.96 bits per heavy atom. The van der Waals surface area contributed by atoms with E-state index in [0.29, 0.717) is 24.5 Å². The molecule has 1 aliphatic carbocycles. The van der Waals surface area contributed by atoms with Gasteiger partial charge in [-0.2, -0.15) is 0 Å². The highest BCUT2D eigenvalue weighted by atomic mass is 32.2. The topological polar surface area (TPSA) is 98.9 Å². The molecule has 0 saturated heterocycles. The van der Waals surface area contributed by atoms with Gasteiger partial charge in [0.05, 0.1) is 18.1 Å². The fraction of sp³-hybridized carbons (Fsp3) is 0.526. The Kier molecular flexibility index (Phi) is 5.34. The minimum Gasteiger partial charge on any atom is -0.354 e. The van der Waals surface area contributed by atoms with Gasteiger partial charge in [-0.25, -0.2) is 9.97 Å². The van der Waals surface area contributed by atoms with Gasteiger partial charge >= 0.3 is 0 Å². The number of hydrogen-bond acceptors (Lipinski definition) is 6. The van der Waals surface area contributed by atoms with Crippen LogP contribution in [0.3, 0.4) is 0 Å². The summed E-state index contributed by atoms with van der Waals surface area (Å²) in [5.74, 6) is 0.552. The molecule has 1 aliphatic heterocycles. The van der Waals surface area contributed by atoms with Crippen LogP contribution in [0, 0.1) is 6.92 Å². The van der Waals surface area contributed by atoms with Gasteiger partial charge in [0, 0.05) is 42.6 Å². The lowest BCUT2D eigenvalue weighted by Crippen LogP contribution is -2.35. The van der Waals surface area contributed by atoms with E-state index in [9.17, 15) is 14.4 Å². The van der Waals surface area contributed by atoms with E-state index in [-0.39, 0.29) is 29.5 Å². The number of hydrogen-bond donors (Lipinski definition) is 1. The fourth-order valence-electron chi connectivity index (χ4n) is 3.75. The minimum absolute atomic E-state index is 0.0276. The van der Waals surface area contributed by atoms with Crippen molar-refractivity contribution < 1.29 is 4.79 Å². The summed E-state index contributed by atoms with van der Waals surface area (Å²) in [7, 11) is 0. The molecule has 28 heavy (non-hydrogen) atoms. The normalized spacial score (nSPS) is 17.8. The average molecular weight is 401 g/mol. The lowest BCUT2D eigenvalue weighted by Gasteiger charge is -2.18. The van der Waals surface area contributed by atoms with Gasteiger partial charge in [0.2, 0.25) is 5.91 Å². The van der Waals surface area contributed by atoms with Crippen LogP contribution in [0.1, 0.15) is 42.3 Å². The maximum Gasteiger partial charge on any atom is 0.257 e. The summed E-state index contributed by atoms with van der Waals surface area (Å²) in [6, 6.07) is 1.30. The minimum atomic E-state index is -0.170. The fourth-order valence-corrected chi connectivity index (χ4v) is 4.90. The van der Waals surface area contributed by atoms with Gasteiger partial charge in [-0.1, -0.05) is 11.8 Å². The van der Waals surface area contributed by atoms with Crippen LogP contribution in [0.25, 0.3) is 0 Å². The van der Waals surface area contributed by atoms with Crippen LogP contribution < -0.4 is 16.4 Å². The number of fused-ring (bicyclic) bond motifs is 2. The van der Waals surface area contributed by atoms with Crippen molar-refractivity contribution in [2.75, 3.05) is 12.3 Å². The molecule has 0 radical (unpaired) electrons. The Labute approximate surface area is 166 Å². The van der Waals surface area contributed by atoms with Crippen LogP contribution in [0.2, 0.25) is 0 Å². The molecule has 4 rings (SSSR count). The van der Waals surface area contributed by atoms with Crippen molar-refractivity contribution in [2.45, 2.75) is 56.8 Å². The molecule has 2 aliphatic rings. The van der Waals surface area contributed by atoms with Crippen molar-refractivity contribution in [2.24, 2.45) is 0 Å². The van der Waals surface area contributed by atoms with Crippen molar-refractivity contribution in [1.82, 2.24) is 24.4 Å². The van der Waals surface area contributed by atoms with E-state index < -0.39 is 0 Å². The van der Waals surface area contributed by atoms with Crippen LogP contribution in [-0.4, -0.2) is 37.3 Å². The second-order valence-corrected chi connectivity index (χ2v) is 8.27. The van der Waals surface area contributed by atoms with E-state index in [1.807, 2.05) is 0 Å². The van der Waals surface area contributed by atoms with Gasteiger partial charge in [-0.3, -0.25) is 23.5 Å². The number of thioether (sulfide) groups is 1. The maximum absolute atomic E-state index is 12.9. The highest BCUT2D eigenvalue weighted by Gasteiger charge is 2.30. The molecule has 0 aromatic carbocycles. The van der Waals surface area contributed by atoms with Crippen molar-refractivity contribution in [3.05, 3.63) is 50.1 Å². The van der Waals surface area contributed by atoms with E-state index >= 15 is 0 Å². The SMILES string of the molecule is Cc1cc(=O)n(CCNC(=O)CC2CSc3nc4c(c(=O)n32)CCCC4)cn1. The number of nitrogens with one attached hydrogen (secondary N) is 1. The number of rotatable bonds is 5. The Bertz CT molecular complexity index is 1030. The second-order valence-electron chi connectivity index (χ2n) is 7.28. The molecular formula is C19H23N5O3S. The Hall–Kier alpha value is -2.42. The Morgan fingerprint density at radius 1 is 1.32 bits per heavy atom. The first-order chi connectivity index (χ1) is 13.5. The zero-order chi connectivity index (χ0) is 19.7. The molecule has 1 amide bonds. The third kappa shape index (κ3) is 3.76. The number of carbonyl (C=O) groups is 1.